The molecule has 1 heterocycles. The van der Waals surface area contributed by atoms with Crippen molar-refractivity contribution in [1.82, 2.24) is 4.98 Å². The number of sulfone groups is 1. The number of rotatable bonds is 7. The van der Waals surface area contributed by atoms with Crippen LogP contribution in [0.4, 0.5) is 0 Å². The van der Waals surface area contributed by atoms with Gasteiger partial charge in [-0.3, -0.25) is 4.98 Å². The molecule has 0 saturated carbocycles. The highest BCUT2D eigenvalue weighted by Crippen LogP contribution is 2.32. The molecule has 6 nitrogen and oxygen atoms in total. The number of aliphatic hydroxyl groups excluding tert-OH is 1. The standard InChI is InChI=1S/C25H20N2O4S/c26-17-19-6-2-10-24-23(11-12-27-25(19)24)18-5-1-7-20(15-18)31-21-8-3-9-22(16-21)32(29,30)14-4-13-28/h1-3,5-12,15-16,28H,4,13-14H2. The Hall–Kier alpha value is -3.73. The first kappa shape index (κ1) is 21.5. The minimum absolute atomic E-state index is 0.123. The van der Waals surface area contributed by atoms with E-state index in [9.17, 15) is 13.7 Å². The number of hydrogen-bond donors (Lipinski definition) is 1. The third-order valence-corrected chi connectivity index (χ3v) is 6.81. The highest BCUT2D eigenvalue weighted by molar-refractivity contribution is 7.91. The second kappa shape index (κ2) is 9.18. The van der Waals surface area contributed by atoms with Crippen molar-refractivity contribution in [2.45, 2.75) is 11.3 Å². The fourth-order valence-electron chi connectivity index (χ4n) is 3.48. The van der Waals surface area contributed by atoms with Crippen LogP contribution < -0.4 is 4.74 Å². The number of fused-ring (bicyclic) bond motifs is 1. The van der Waals surface area contributed by atoms with Crippen molar-refractivity contribution in [2.75, 3.05) is 12.4 Å². The fourth-order valence-corrected chi connectivity index (χ4v) is 4.81. The Kier molecular flexibility index (Phi) is 6.17. The minimum atomic E-state index is -3.49. The maximum atomic E-state index is 12.4. The zero-order valence-electron chi connectivity index (χ0n) is 17.1. The average molecular weight is 445 g/mol. The molecule has 3 aromatic carbocycles. The monoisotopic (exact) mass is 444 g/mol. The van der Waals surface area contributed by atoms with E-state index in [1.807, 2.05) is 36.4 Å². The van der Waals surface area contributed by atoms with E-state index in [0.29, 0.717) is 22.6 Å². The predicted octanol–water partition coefficient (Wildman–Crippen LogP) is 4.72. The van der Waals surface area contributed by atoms with Gasteiger partial charge in [-0.25, -0.2) is 8.42 Å². The highest BCUT2D eigenvalue weighted by Gasteiger charge is 2.15. The second-order valence-corrected chi connectivity index (χ2v) is 9.28. The summed E-state index contributed by atoms with van der Waals surface area (Å²) in [5.41, 5.74) is 2.95. The smallest absolute Gasteiger partial charge is 0.178 e. The number of nitrogens with zero attached hydrogens (tertiary/aromatic N) is 2. The lowest BCUT2D eigenvalue weighted by Gasteiger charge is -2.11. The van der Waals surface area contributed by atoms with E-state index in [1.54, 1.807) is 30.5 Å². The van der Waals surface area contributed by atoms with Crippen molar-refractivity contribution < 1.29 is 18.3 Å². The van der Waals surface area contributed by atoms with E-state index in [-0.39, 0.29) is 23.7 Å². The first-order valence-corrected chi connectivity index (χ1v) is 11.7. The summed E-state index contributed by atoms with van der Waals surface area (Å²) >= 11 is 0. The summed E-state index contributed by atoms with van der Waals surface area (Å²) in [7, 11) is -3.49. The van der Waals surface area contributed by atoms with Gasteiger partial charge < -0.3 is 9.84 Å². The molecule has 160 valence electrons. The fraction of sp³-hybridized carbons (Fsp3) is 0.120. The number of nitriles is 1. The topological polar surface area (TPSA) is 100 Å². The molecule has 1 N–H and O–H groups in total. The molecule has 0 aliphatic carbocycles. The van der Waals surface area contributed by atoms with E-state index < -0.39 is 9.84 Å². The molecular weight excluding hydrogens is 424 g/mol. The van der Waals surface area contributed by atoms with Crippen molar-refractivity contribution in [3.8, 4) is 28.7 Å². The number of hydrogen-bond acceptors (Lipinski definition) is 6. The third kappa shape index (κ3) is 4.47. The first-order chi connectivity index (χ1) is 15.5. The number of para-hydroxylation sites is 1. The van der Waals surface area contributed by atoms with Crippen LogP contribution in [0.1, 0.15) is 12.0 Å². The van der Waals surface area contributed by atoms with Crippen molar-refractivity contribution in [3.05, 3.63) is 84.6 Å². The molecule has 0 saturated heterocycles. The summed E-state index contributed by atoms with van der Waals surface area (Å²) < 4.78 is 30.8. The van der Waals surface area contributed by atoms with Crippen LogP contribution in [0.2, 0.25) is 0 Å². The lowest BCUT2D eigenvalue weighted by Crippen LogP contribution is -2.08. The van der Waals surface area contributed by atoms with Gasteiger partial charge in [0, 0.05) is 18.2 Å². The van der Waals surface area contributed by atoms with Crippen molar-refractivity contribution in [2.24, 2.45) is 0 Å². The van der Waals surface area contributed by atoms with Gasteiger partial charge in [0.2, 0.25) is 0 Å². The highest BCUT2D eigenvalue weighted by atomic mass is 32.2. The van der Waals surface area contributed by atoms with Gasteiger partial charge in [0.1, 0.15) is 17.6 Å². The van der Waals surface area contributed by atoms with Crippen LogP contribution in [-0.4, -0.2) is 30.9 Å². The van der Waals surface area contributed by atoms with Crippen LogP contribution in [0, 0.1) is 11.3 Å². The molecule has 32 heavy (non-hydrogen) atoms. The molecule has 0 fully saturated rings. The second-order valence-electron chi connectivity index (χ2n) is 7.17. The SMILES string of the molecule is N#Cc1cccc2c(-c3cccc(Oc4cccc(S(=O)(=O)CCCO)c4)c3)ccnc12. The molecule has 0 amide bonds. The van der Waals surface area contributed by atoms with E-state index in [4.69, 9.17) is 9.84 Å². The van der Waals surface area contributed by atoms with Crippen LogP contribution in [-0.2, 0) is 9.84 Å². The zero-order valence-corrected chi connectivity index (χ0v) is 17.9. The molecule has 0 aliphatic heterocycles. The molecule has 1 aromatic heterocycles. The van der Waals surface area contributed by atoms with Gasteiger partial charge in [-0.2, -0.15) is 5.26 Å². The molecule has 0 bridgehead atoms. The van der Waals surface area contributed by atoms with Crippen LogP contribution in [0.3, 0.4) is 0 Å². The van der Waals surface area contributed by atoms with E-state index in [1.165, 1.54) is 12.1 Å². The zero-order chi connectivity index (χ0) is 22.6. The Labute approximate surface area is 186 Å². The summed E-state index contributed by atoms with van der Waals surface area (Å²) in [4.78, 5) is 4.51. The Morgan fingerprint density at radius 3 is 2.50 bits per heavy atom. The lowest BCUT2D eigenvalue weighted by molar-refractivity contribution is 0.295. The van der Waals surface area contributed by atoms with E-state index in [2.05, 4.69) is 11.1 Å². The van der Waals surface area contributed by atoms with Gasteiger partial charge in [0.05, 0.1) is 21.7 Å². The molecular formula is C25H20N2O4S. The van der Waals surface area contributed by atoms with Gasteiger partial charge >= 0.3 is 0 Å². The maximum absolute atomic E-state index is 12.4. The Bertz CT molecular complexity index is 1430. The summed E-state index contributed by atoms with van der Waals surface area (Å²) in [5, 5.41) is 19.2. The van der Waals surface area contributed by atoms with Crippen LogP contribution >= 0.6 is 0 Å². The molecule has 4 rings (SSSR count). The molecule has 0 radical (unpaired) electrons. The molecule has 7 heteroatoms. The number of benzene rings is 3. The van der Waals surface area contributed by atoms with E-state index >= 15 is 0 Å². The Balaban J connectivity index is 1.67. The molecule has 0 aliphatic rings. The number of aromatic nitrogens is 1. The number of aliphatic hydroxyl groups is 1. The summed E-state index contributed by atoms with van der Waals surface area (Å²) in [6.45, 7) is -0.179. The van der Waals surface area contributed by atoms with Gasteiger partial charge in [0.15, 0.2) is 9.84 Å². The average Bonchev–Trinajstić information content (AvgIpc) is 2.82. The van der Waals surface area contributed by atoms with Gasteiger partial charge in [0.25, 0.3) is 0 Å². The van der Waals surface area contributed by atoms with Gasteiger partial charge in [-0.15, -0.1) is 0 Å². The summed E-state index contributed by atoms with van der Waals surface area (Å²) in [6, 6.07) is 23.3. The Morgan fingerprint density at radius 1 is 0.969 bits per heavy atom. The van der Waals surface area contributed by atoms with Crippen molar-refractivity contribution in [1.29, 1.82) is 5.26 Å². The Morgan fingerprint density at radius 2 is 1.72 bits per heavy atom. The quantitative estimate of drug-likeness (QED) is 0.443. The first-order valence-electron chi connectivity index (χ1n) is 10.0. The summed E-state index contributed by atoms with van der Waals surface area (Å²) in [5.74, 6) is 0.829. The molecule has 0 atom stereocenters. The minimum Gasteiger partial charge on any atom is -0.457 e. The van der Waals surface area contributed by atoms with Gasteiger partial charge in [-0.1, -0.05) is 30.3 Å². The normalized spacial score (nSPS) is 11.2. The van der Waals surface area contributed by atoms with Crippen molar-refractivity contribution >= 4 is 20.7 Å². The third-order valence-electron chi connectivity index (χ3n) is 5.01. The van der Waals surface area contributed by atoms with Crippen LogP contribution in [0.15, 0.2) is 83.9 Å². The van der Waals surface area contributed by atoms with Crippen LogP contribution in [0.25, 0.3) is 22.0 Å². The van der Waals surface area contributed by atoms with Crippen molar-refractivity contribution in [3.63, 3.8) is 0 Å². The van der Waals surface area contributed by atoms with E-state index in [0.717, 1.165) is 16.5 Å². The summed E-state index contributed by atoms with van der Waals surface area (Å²) in [6.07, 6.45) is 1.86. The maximum Gasteiger partial charge on any atom is 0.178 e. The molecule has 0 unspecified atom stereocenters. The predicted molar refractivity (Wildman–Crippen MR) is 122 cm³/mol. The lowest BCUT2D eigenvalue weighted by atomic mass is 9.99. The number of pyridine rings is 1. The van der Waals surface area contributed by atoms with Crippen LogP contribution in [0.5, 0.6) is 11.5 Å². The largest absolute Gasteiger partial charge is 0.457 e. The molecule has 0 spiro atoms. The molecule has 4 aromatic rings. The van der Waals surface area contributed by atoms with Gasteiger partial charge in [-0.05, 0) is 60.0 Å². The number of ether oxygens (including phenoxy) is 1.